The van der Waals surface area contributed by atoms with E-state index in [1.54, 1.807) is 0 Å². The minimum Gasteiger partial charge on any atom is -0.375 e. The molecule has 0 spiro atoms. The monoisotopic (exact) mass is 296 g/mol. The third-order valence-corrected chi connectivity index (χ3v) is 4.23. The van der Waals surface area contributed by atoms with Crippen LogP contribution in [0.25, 0.3) is 0 Å². The Morgan fingerprint density at radius 1 is 1.40 bits per heavy atom. The molecule has 0 saturated carbocycles. The highest BCUT2D eigenvalue weighted by atomic mass is 32.2. The van der Waals surface area contributed by atoms with Crippen LogP contribution in [-0.4, -0.2) is 59.8 Å². The van der Waals surface area contributed by atoms with Crippen molar-refractivity contribution in [1.29, 1.82) is 0 Å². The fourth-order valence-corrected chi connectivity index (χ4v) is 2.94. The molecule has 7 heteroatoms. The van der Waals surface area contributed by atoms with Gasteiger partial charge in [0.25, 0.3) is 0 Å². The molecule has 0 aromatic heterocycles. The van der Waals surface area contributed by atoms with Gasteiger partial charge in [0.15, 0.2) is 7.98 Å². The Hall–Kier alpha value is -0.885. The molecular weight excluding hydrogens is 275 g/mol. The van der Waals surface area contributed by atoms with Gasteiger partial charge in [0.2, 0.25) is 10.0 Å². The molecule has 0 amide bonds. The molecule has 1 fully saturated rings. The van der Waals surface area contributed by atoms with Crippen LogP contribution < -0.4 is 4.72 Å². The van der Waals surface area contributed by atoms with Crippen molar-refractivity contribution < 1.29 is 13.2 Å². The first kappa shape index (κ1) is 15.5. The minimum absolute atomic E-state index is 0.142. The van der Waals surface area contributed by atoms with E-state index in [0.29, 0.717) is 13.2 Å². The van der Waals surface area contributed by atoms with Crippen LogP contribution in [0, 0.1) is 0 Å². The van der Waals surface area contributed by atoms with Crippen molar-refractivity contribution in [3.8, 4) is 0 Å². The molecule has 1 aromatic rings. The van der Waals surface area contributed by atoms with Crippen molar-refractivity contribution in [3.05, 3.63) is 35.9 Å². The maximum Gasteiger partial charge on any atom is 0.208 e. The lowest BCUT2D eigenvalue weighted by molar-refractivity contribution is 0.0555. The van der Waals surface area contributed by atoms with Gasteiger partial charge in [-0.3, -0.25) is 0 Å². The molecule has 5 nitrogen and oxygen atoms in total. The van der Waals surface area contributed by atoms with Crippen LogP contribution in [0.5, 0.6) is 0 Å². The SMILES string of the molecule is BN1CCO[C@H](CNS(C)(=O)=O)C(c2ccccc2)C1. The molecule has 1 saturated heterocycles. The summed E-state index contributed by atoms with van der Waals surface area (Å²) in [5.74, 6) is 0.165. The lowest BCUT2D eigenvalue weighted by atomic mass is 9.92. The third kappa shape index (κ3) is 4.59. The van der Waals surface area contributed by atoms with Gasteiger partial charge in [0, 0.05) is 19.0 Å². The number of sulfonamides is 1. The zero-order valence-electron chi connectivity index (χ0n) is 12.0. The van der Waals surface area contributed by atoms with Gasteiger partial charge in [0.05, 0.1) is 19.0 Å². The summed E-state index contributed by atoms with van der Waals surface area (Å²) in [6, 6.07) is 10.1. The first-order valence-electron chi connectivity index (χ1n) is 6.75. The molecule has 1 aromatic carbocycles. The Balaban J connectivity index is 2.16. The van der Waals surface area contributed by atoms with Crippen LogP contribution in [0.2, 0.25) is 0 Å². The van der Waals surface area contributed by atoms with Crippen molar-refractivity contribution in [2.75, 3.05) is 32.5 Å². The number of hydrogen-bond acceptors (Lipinski definition) is 4. The van der Waals surface area contributed by atoms with Crippen LogP contribution in [0.3, 0.4) is 0 Å². The molecule has 1 aliphatic rings. The standard InChI is InChI=1S/C13H21BN2O3S/c1-20(17,18)15-9-13-12(10-16(14)7-8-19-13)11-5-3-2-4-6-11/h2-6,12-13,15H,7-10,14H2,1H3/t12?,13-/m1/s1. The van der Waals surface area contributed by atoms with E-state index < -0.39 is 10.0 Å². The summed E-state index contributed by atoms with van der Waals surface area (Å²) < 4.78 is 31.0. The maximum atomic E-state index is 11.3. The highest BCUT2D eigenvalue weighted by Gasteiger charge is 2.28. The number of hydrogen-bond donors (Lipinski definition) is 1. The first-order chi connectivity index (χ1) is 9.46. The van der Waals surface area contributed by atoms with Crippen molar-refractivity contribution in [3.63, 3.8) is 0 Å². The van der Waals surface area contributed by atoms with E-state index in [-0.39, 0.29) is 12.0 Å². The number of ether oxygens (including phenoxy) is 1. The normalized spacial score (nSPS) is 25.2. The second kappa shape index (κ2) is 6.71. The predicted molar refractivity (Wildman–Crippen MR) is 81.9 cm³/mol. The predicted octanol–water partition coefficient (Wildman–Crippen LogP) is -0.432. The molecule has 1 aliphatic heterocycles. The van der Waals surface area contributed by atoms with Crippen LogP contribution in [-0.2, 0) is 14.8 Å². The highest BCUT2D eigenvalue weighted by molar-refractivity contribution is 7.88. The van der Waals surface area contributed by atoms with Crippen molar-refractivity contribution >= 4 is 18.0 Å². The van der Waals surface area contributed by atoms with Crippen LogP contribution in [0.15, 0.2) is 30.3 Å². The Bertz CT molecular complexity index is 524. The van der Waals surface area contributed by atoms with E-state index in [2.05, 4.69) is 29.6 Å². The van der Waals surface area contributed by atoms with Gasteiger partial charge < -0.3 is 9.55 Å². The zero-order valence-corrected chi connectivity index (χ0v) is 12.8. The Morgan fingerprint density at radius 2 is 2.10 bits per heavy atom. The summed E-state index contributed by atoms with van der Waals surface area (Å²) >= 11 is 0. The molecule has 1 heterocycles. The summed E-state index contributed by atoms with van der Waals surface area (Å²) in [6.45, 7) is 2.65. The van der Waals surface area contributed by atoms with E-state index in [1.165, 1.54) is 11.8 Å². The molecule has 20 heavy (non-hydrogen) atoms. The highest BCUT2D eigenvalue weighted by Crippen LogP contribution is 2.24. The maximum absolute atomic E-state index is 11.3. The number of nitrogens with zero attached hydrogens (tertiary/aromatic N) is 1. The van der Waals surface area contributed by atoms with Crippen molar-refractivity contribution in [2.45, 2.75) is 12.0 Å². The van der Waals surface area contributed by atoms with Crippen LogP contribution >= 0.6 is 0 Å². The minimum atomic E-state index is -3.20. The van der Waals surface area contributed by atoms with E-state index >= 15 is 0 Å². The van der Waals surface area contributed by atoms with Gasteiger partial charge in [-0.1, -0.05) is 30.3 Å². The molecular formula is C13H21BN2O3S. The van der Waals surface area contributed by atoms with Gasteiger partial charge in [-0.2, -0.15) is 0 Å². The molecule has 1 N–H and O–H groups in total. The number of benzene rings is 1. The van der Waals surface area contributed by atoms with E-state index in [1.807, 2.05) is 18.2 Å². The van der Waals surface area contributed by atoms with Crippen LogP contribution in [0.1, 0.15) is 11.5 Å². The fourth-order valence-electron chi connectivity index (χ4n) is 2.48. The summed E-state index contributed by atoms with van der Waals surface area (Å²) in [7, 11) is -1.14. The zero-order chi connectivity index (χ0) is 14.6. The molecule has 2 rings (SSSR count). The van der Waals surface area contributed by atoms with Gasteiger partial charge in [-0.05, 0) is 12.1 Å². The summed E-state index contributed by atoms with van der Waals surface area (Å²) in [6.07, 6.45) is 1.03. The van der Waals surface area contributed by atoms with E-state index in [9.17, 15) is 8.42 Å². The molecule has 110 valence electrons. The molecule has 1 unspecified atom stereocenters. The Kier molecular flexibility index (Phi) is 5.20. The van der Waals surface area contributed by atoms with Gasteiger partial charge in [-0.15, -0.1) is 0 Å². The summed E-state index contributed by atoms with van der Waals surface area (Å²) in [5.41, 5.74) is 1.18. The van der Waals surface area contributed by atoms with Crippen molar-refractivity contribution in [2.24, 2.45) is 0 Å². The lowest BCUT2D eigenvalue weighted by Crippen LogP contribution is -2.38. The van der Waals surface area contributed by atoms with Crippen molar-refractivity contribution in [1.82, 2.24) is 9.53 Å². The Morgan fingerprint density at radius 3 is 2.75 bits per heavy atom. The second-order valence-corrected chi connectivity index (χ2v) is 7.14. The van der Waals surface area contributed by atoms with E-state index in [0.717, 1.165) is 13.1 Å². The first-order valence-corrected chi connectivity index (χ1v) is 8.64. The van der Waals surface area contributed by atoms with Gasteiger partial charge >= 0.3 is 0 Å². The fraction of sp³-hybridized carbons (Fsp3) is 0.538. The second-order valence-electron chi connectivity index (χ2n) is 5.31. The molecule has 0 aliphatic carbocycles. The number of rotatable bonds is 4. The smallest absolute Gasteiger partial charge is 0.208 e. The molecule has 2 atom stereocenters. The van der Waals surface area contributed by atoms with Crippen LogP contribution in [0.4, 0.5) is 0 Å². The largest absolute Gasteiger partial charge is 0.375 e. The van der Waals surface area contributed by atoms with Gasteiger partial charge in [-0.25, -0.2) is 13.1 Å². The summed E-state index contributed by atoms with van der Waals surface area (Å²) in [4.78, 5) is 2.22. The Labute approximate surface area is 121 Å². The number of nitrogens with one attached hydrogen (secondary N) is 1. The van der Waals surface area contributed by atoms with E-state index in [4.69, 9.17) is 4.74 Å². The average Bonchev–Trinajstić information content (AvgIpc) is 2.58. The topological polar surface area (TPSA) is 58.6 Å². The summed E-state index contributed by atoms with van der Waals surface area (Å²) in [5, 5.41) is 0. The quantitative estimate of drug-likeness (QED) is 0.766. The van der Waals surface area contributed by atoms with Gasteiger partial charge in [0.1, 0.15) is 0 Å². The molecule has 0 radical (unpaired) electrons. The lowest BCUT2D eigenvalue weighted by Gasteiger charge is -2.27. The third-order valence-electron chi connectivity index (χ3n) is 3.54. The molecule has 0 bridgehead atoms. The average molecular weight is 296 g/mol.